The molecule has 2 fully saturated rings. The maximum atomic E-state index is 11.6. The summed E-state index contributed by atoms with van der Waals surface area (Å²) in [5.74, 6) is 0. The van der Waals surface area contributed by atoms with Crippen LogP contribution in [0.2, 0.25) is 0 Å². The Morgan fingerprint density at radius 3 is 2.71 bits per heavy atom. The van der Waals surface area contributed by atoms with Crippen LogP contribution < -0.4 is 5.32 Å². The van der Waals surface area contributed by atoms with Gasteiger partial charge in [0.05, 0.1) is 13.2 Å². The molecule has 2 aliphatic rings. The van der Waals surface area contributed by atoms with Crippen LogP contribution >= 0.6 is 0 Å². The Morgan fingerprint density at radius 2 is 2.07 bits per heavy atom. The molecule has 2 saturated heterocycles. The highest BCUT2D eigenvalue weighted by Crippen LogP contribution is 2.09. The summed E-state index contributed by atoms with van der Waals surface area (Å²) in [5.41, 5.74) is 0. The van der Waals surface area contributed by atoms with Crippen molar-refractivity contribution >= 4 is 6.03 Å². The highest BCUT2D eigenvalue weighted by Gasteiger charge is 2.22. The van der Waals surface area contributed by atoms with Gasteiger partial charge in [0.25, 0.3) is 0 Å². The van der Waals surface area contributed by atoms with Crippen molar-refractivity contribution in [2.45, 2.75) is 19.1 Å². The van der Waals surface area contributed by atoms with Crippen molar-refractivity contribution in [2.75, 3.05) is 32.9 Å². The summed E-state index contributed by atoms with van der Waals surface area (Å²) in [4.78, 5) is 13.4. The second-order valence-corrected chi connectivity index (χ2v) is 3.55. The smallest absolute Gasteiger partial charge is 0.319 e. The molecular formula is C9H16N2O3. The molecule has 2 amide bonds. The lowest BCUT2D eigenvalue weighted by Crippen LogP contribution is -2.49. The molecule has 0 spiro atoms. The Morgan fingerprint density at radius 1 is 1.29 bits per heavy atom. The van der Waals surface area contributed by atoms with Gasteiger partial charge < -0.3 is 19.7 Å². The molecule has 1 N–H and O–H groups in total. The van der Waals surface area contributed by atoms with Crippen LogP contribution in [-0.4, -0.2) is 50.1 Å². The molecule has 2 aliphatic heterocycles. The van der Waals surface area contributed by atoms with E-state index < -0.39 is 0 Å². The van der Waals surface area contributed by atoms with Gasteiger partial charge in [-0.3, -0.25) is 0 Å². The number of hydrogen-bond donors (Lipinski definition) is 1. The molecule has 80 valence electrons. The highest BCUT2D eigenvalue weighted by atomic mass is 16.5. The number of hydrogen-bond acceptors (Lipinski definition) is 3. The summed E-state index contributed by atoms with van der Waals surface area (Å²) in [6, 6.07) is -0.0276. The zero-order valence-electron chi connectivity index (χ0n) is 8.20. The van der Waals surface area contributed by atoms with E-state index in [-0.39, 0.29) is 12.3 Å². The lowest BCUT2D eigenvalue weighted by molar-refractivity contribution is 0.0422. The van der Waals surface area contributed by atoms with Gasteiger partial charge in [0.2, 0.25) is 0 Å². The van der Waals surface area contributed by atoms with Gasteiger partial charge in [0.15, 0.2) is 0 Å². The molecule has 0 aromatic rings. The van der Waals surface area contributed by atoms with E-state index in [1.165, 1.54) is 0 Å². The standard InChI is InChI=1S/C9H16N2O3/c12-9(10-8-2-1-5-14-8)11-3-6-13-7-4-11/h8H,1-7H2,(H,10,12). The molecule has 0 saturated carbocycles. The molecular weight excluding hydrogens is 184 g/mol. The quantitative estimate of drug-likeness (QED) is 0.656. The second-order valence-electron chi connectivity index (χ2n) is 3.55. The lowest BCUT2D eigenvalue weighted by Gasteiger charge is -2.28. The molecule has 0 radical (unpaired) electrons. The second kappa shape index (κ2) is 4.61. The maximum absolute atomic E-state index is 11.6. The first kappa shape index (κ1) is 9.73. The predicted octanol–water partition coefficient (Wildman–Crippen LogP) is 0.165. The van der Waals surface area contributed by atoms with Crippen LogP contribution in [0, 0.1) is 0 Å². The minimum absolute atomic E-state index is 0.0276. The minimum atomic E-state index is -0.0784. The van der Waals surface area contributed by atoms with Crippen molar-refractivity contribution in [1.82, 2.24) is 10.2 Å². The van der Waals surface area contributed by atoms with Crippen LogP contribution in [0.25, 0.3) is 0 Å². The van der Waals surface area contributed by atoms with Crippen LogP contribution in [0.4, 0.5) is 4.79 Å². The summed E-state index contributed by atoms with van der Waals surface area (Å²) >= 11 is 0. The molecule has 1 atom stereocenters. The van der Waals surface area contributed by atoms with Gasteiger partial charge in [0, 0.05) is 19.7 Å². The summed E-state index contributed by atoms with van der Waals surface area (Å²) in [7, 11) is 0. The summed E-state index contributed by atoms with van der Waals surface area (Å²) in [6.07, 6.45) is 1.88. The van der Waals surface area contributed by atoms with Gasteiger partial charge in [-0.25, -0.2) is 4.79 Å². The molecule has 14 heavy (non-hydrogen) atoms. The molecule has 0 aliphatic carbocycles. The number of carbonyl (C=O) groups is 1. The number of nitrogens with zero attached hydrogens (tertiary/aromatic N) is 1. The number of morpholine rings is 1. The molecule has 1 unspecified atom stereocenters. The number of nitrogens with one attached hydrogen (secondary N) is 1. The van der Waals surface area contributed by atoms with E-state index >= 15 is 0 Å². The summed E-state index contributed by atoms with van der Waals surface area (Å²) in [6.45, 7) is 3.39. The van der Waals surface area contributed by atoms with Crippen molar-refractivity contribution < 1.29 is 14.3 Å². The average molecular weight is 200 g/mol. The van der Waals surface area contributed by atoms with Crippen molar-refractivity contribution in [2.24, 2.45) is 0 Å². The topological polar surface area (TPSA) is 50.8 Å². The van der Waals surface area contributed by atoms with Crippen LogP contribution in [0.3, 0.4) is 0 Å². The van der Waals surface area contributed by atoms with E-state index in [1.54, 1.807) is 4.90 Å². The molecule has 2 heterocycles. The van der Waals surface area contributed by atoms with E-state index in [2.05, 4.69) is 5.32 Å². The monoisotopic (exact) mass is 200 g/mol. The number of ether oxygens (including phenoxy) is 2. The van der Waals surface area contributed by atoms with E-state index in [9.17, 15) is 4.79 Å². The largest absolute Gasteiger partial charge is 0.378 e. The Labute approximate surface area is 83.3 Å². The third-order valence-electron chi connectivity index (χ3n) is 2.51. The molecule has 2 rings (SSSR count). The molecule has 0 bridgehead atoms. The Kier molecular flexibility index (Phi) is 3.21. The Hall–Kier alpha value is -0.810. The fourth-order valence-corrected chi connectivity index (χ4v) is 1.69. The number of urea groups is 1. The van der Waals surface area contributed by atoms with Crippen molar-refractivity contribution in [3.63, 3.8) is 0 Å². The van der Waals surface area contributed by atoms with E-state index in [1.807, 2.05) is 0 Å². The summed E-state index contributed by atoms with van der Waals surface area (Å²) in [5, 5.41) is 2.86. The molecule has 0 aromatic heterocycles. The predicted molar refractivity (Wildman–Crippen MR) is 49.9 cm³/mol. The van der Waals surface area contributed by atoms with E-state index in [0.717, 1.165) is 19.4 Å². The molecule has 0 aromatic carbocycles. The maximum Gasteiger partial charge on any atom is 0.319 e. The van der Waals surface area contributed by atoms with Gasteiger partial charge in [-0.15, -0.1) is 0 Å². The fraction of sp³-hybridized carbons (Fsp3) is 0.889. The first-order chi connectivity index (χ1) is 6.86. The minimum Gasteiger partial charge on any atom is -0.378 e. The van der Waals surface area contributed by atoms with Crippen LogP contribution in [0.5, 0.6) is 0 Å². The third-order valence-corrected chi connectivity index (χ3v) is 2.51. The van der Waals surface area contributed by atoms with Crippen molar-refractivity contribution in [3.8, 4) is 0 Å². The molecule has 5 nitrogen and oxygen atoms in total. The van der Waals surface area contributed by atoms with Gasteiger partial charge >= 0.3 is 6.03 Å². The zero-order chi connectivity index (χ0) is 9.80. The van der Waals surface area contributed by atoms with Gasteiger partial charge in [-0.05, 0) is 12.8 Å². The number of amides is 2. The van der Waals surface area contributed by atoms with Crippen LogP contribution in [-0.2, 0) is 9.47 Å². The Balaban J connectivity index is 1.75. The van der Waals surface area contributed by atoms with Crippen LogP contribution in [0.1, 0.15) is 12.8 Å². The average Bonchev–Trinajstić information content (AvgIpc) is 2.72. The van der Waals surface area contributed by atoms with Gasteiger partial charge in [-0.2, -0.15) is 0 Å². The fourth-order valence-electron chi connectivity index (χ4n) is 1.69. The third kappa shape index (κ3) is 2.36. The zero-order valence-corrected chi connectivity index (χ0v) is 8.20. The van der Waals surface area contributed by atoms with Gasteiger partial charge in [0.1, 0.15) is 6.23 Å². The number of rotatable bonds is 1. The molecule has 5 heteroatoms. The van der Waals surface area contributed by atoms with E-state index in [0.29, 0.717) is 26.3 Å². The van der Waals surface area contributed by atoms with Crippen LogP contribution in [0.15, 0.2) is 0 Å². The highest BCUT2D eigenvalue weighted by molar-refractivity contribution is 5.74. The lowest BCUT2D eigenvalue weighted by atomic mass is 10.3. The van der Waals surface area contributed by atoms with Crippen molar-refractivity contribution in [3.05, 3.63) is 0 Å². The first-order valence-corrected chi connectivity index (χ1v) is 5.11. The normalized spacial score (nSPS) is 27.7. The van der Waals surface area contributed by atoms with Gasteiger partial charge in [-0.1, -0.05) is 0 Å². The Bertz CT molecular complexity index is 198. The first-order valence-electron chi connectivity index (χ1n) is 5.11. The van der Waals surface area contributed by atoms with Crippen molar-refractivity contribution in [1.29, 1.82) is 0 Å². The summed E-state index contributed by atoms with van der Waals surface area (Å²) < 4.78 is 10.5. The SMILES string of the molecule is O=C(NC1CCCO1)N1CCOCC1. The number of carbonyl (C=O) groups excluding carboxylic acids is 1. The van der Waals surface area contributed by atoms with E-state index in [4.69, 9.17) is 9.47 Å².